The van der Waals surface area contributed by atoms with Gasteiger partial charge in [-0.2, -0.15) is 0 Å². The monoisotopic (exact) mass is 227 g/mol. The van der Waals surface area contributed by atoms with Gasteiger partial charge < -0.3 is 10.2 Å². The Labute approximate surface area is 101 Å². The molecule has 3 heteroatoms. The van der Waals surface area contributed by atoms with Crippen molar-refractivity contribution in [1.29, 1.82) is 0 Å². The molecule has 0 aliphatic carbocycles. The highest BCUT2D eigenvalue weighted by atomic mass is 15.2. The molecule has 1 saturated heterocycles. The van der Waals surface area contributed by atoms with Crippen LogP contribution in [0, 0.1) is 0 Å². The number of nitrogens with one attached hydrogen (secondary N) is 1. The Morgan fingerprint density at radius 2 is 2.00 bits per heavy atom. The lowest BCUT2D eigenvalue weighted by Crippen LogP contribution is -2.27. The van der Waals surface area contributed by atoms with E-state index in [0.29, 0.717) is 0 Å². The summed E-state index contributed by atoms with van der Waals surface area (Å²) in [5.41, 5.74) is 2.40. The summed E-state index contributed by atoms with van der Waals surface area (Å²) in [5.74, 6) is 0. The smallest absolute Gasteiger partial charge is 0.0722 e. The maximum atomic E-state index is 4.42. The number of rotatable bonds is 1. The maximum Gasteiger partial charge on any atom is 0.0722 e. The van der Waals surface area contributed by atoms with Crippen LogP contribution >= 0.6 is 0 Å². The molecule has 2 aromatic rings. The van der Waals surface area contributed by atoms with Gasteiger partial charge in [-0.05, 0) is 25.1 Å². The highest BCUT2D eigenvalue weighted by Gasteiger charge is 2.11. The number of fused-ring (bicyclic) bond motifs is 1. The van der Waals surface area contributed by atoms with Crippen molar-refractivity contribution in [2.75, 3.05) is 31.1 Å². The van der Waals surface area contributed by atoms with E-state index in [1.807, 2.05) is 12.3 Å². The van der Waals surface area contributed by atoms with Crippen LogP contribution in [0.4, 0.5) is 5.69 Å². The number of benzene rings is 1. The third-order valence-corrected chi connectivity index (χ3v) is 3.31. The zero-order valence-electron chi connectivity index (χ0n) is 9.89. The lowest BCUT2D eigenvalue weighted by Gasteiger charge is -2.23. The fourth-order valence-electron chi connectivity index (χ4n) is 2.44. The Kier molecular flexibility index (Phi) is 2.92. The van der Waals surface area contributed by atoms with Crippen LogP contribution in [-0.4, -0.2) is 31.2 Å². The molecule has 17 heavy (non-hydrogen) atoms. The molecule has 2 heterocycles. The molecule has 3 rings (SSSR count). The zero-order valence-corrected chi connectivity index (χ0v) is 9.89. The fourth-order valence-corrected chi connectivity index (χ4v) is 2.44. The third kappa shape index (κ3) is 2.11. The van der Waals surface area contributed by atoms with Gasteiger partial charge in [-0.1, -0.05) is 18.2 Å². The number of para-hydroxylation sites is 1. The van der Waals surface area contributed by atoms with Crippen LogP contribution in [0.5, 0.6) is 0 Å². The standard InChI is InChI=1S/C14H17N3/c1-2-5-13-12(4-1)14(6-8-16-13)17-10-3-7-15-9-11-17/h1-2,4-6,8,15H,3,7,9-11H2. The van der Waals surface area contributed by atoms with Crippen molar-refractivity contribution >= 4 is 16.6 Å². The minimum Gasteiger partial charge on any atom is -0.370 e. The fraction of sp³-hybridized carbons (Fsp3) is 0.357. The highest BCUT2D eigenvalue weighted by molar-refractivity contribution is 5.91. The van der Waals surface area contributed by atoms with Crippen molar-refractivity contribution < 1.29 is 0 Å². The molecule has 0 radical (unpaired) electrons. The molecule has 1 fully saturated rings. The van der Waals surface area contributed by atoms with E-state index >= 15 is 0 Å². The Hall–Kier alpha value is -1.61. The molecule has 0 spiro atoms. The first kappa shape index (κ1) is 10.5. The lowest BCUT2D eigenvalue weighted by molar-refractivity contribution is 0.724. The molecular weight excluding hydrogens is 210 g/mol. The van der Waals surface area contributed by atoms with E-state index in [4.69, 9.17) is 0 Å². The second-order valence-corrected chi connectivity index (χ2v) is 4.44. The van der Waals surface area contributed by atoms with E-state index in [0.717, 1.165) is 31.7 Å². The van der Waals surface area contributed by atoms with Gasteiger partial charge >= 0.3 is 0 Å². The van der Waals surface area contributed by atoms with Gasteiger partial charge in [0, 0.05) is 36.9 Å². The van der Waals surface area contributed by atoms with Crippen molar-refractivity contribution in [3.63, 3.8) is 0 Å². The molecule has 3 nitrogen and oxygen atoms in total. The molecule has 0 unspecified atom stereocenters. The van der Waals surface area contributed by atoms with E-state index in [-0.39, 0.29) is 0 Å². The normalized spacial score (nSPS) is 17.1. The largest absolute Gasteiger partial charge is 0.370 e. The molecule has 1 N–H and O–H groups in total. The van der Waals surface area contributed by atoms with Crippen LogP contribution in [0.3, 0.4) is 0 Å². The number of hydrogen-bond acceptors (Lipinski definition) is 3. The summed E-state index contributed by atoms with van der Waals surface area (Å²) in [6, 6.07) is 10.5. The Bertz CT molecular complexity index is 496. The summed E-state index contributed by atoms with van der Waals surface area (Å²) in [6.45, 7) is 4.39. The molecular formula is C14H17N3. The predicted molar refractivity (Wildman–Crippen MR) is 71.4 cm³/mol. The van der Waals surface area contributed by atoms with Gasteiger partial charge in [-0.15, -0.1) is 0 Å². The first-order chi connectivity index (χ1) is 8.45. The molecule has 88 valence electrons. The van der Waals surface area contributed by atoms with Crippen LogP contribution in [-0.2, 0) is 0 Å². The number of aromatic nitrogens is 1. The van der Waals surface area contributed by atoms with E-state index in [9.17, 15) is 0 Å². The van der Waals surface area contributed by atoms with Crippen LogP contribution in [0.2, 0.25) is 0 Å². The van der Waals surface area contributed by atoms with Crippen molar-refractivity contribution in [3.8, 4) is 0 Å². The Morgan fingerprint density at radius 3 is 3.00 bits per heavy atom. The van der Waals surface area contributed by atoms with E-state index in [1.165, 1.54) is 17.5 Å². The van der Waals surface area contributed by atoms with Crippen molar-refractivity contribution in [2.45, 2.75) is 6.42 Å². The number of hydrogen-bond donors (Lipinski definition) is 1. The molecule has 1 aliphatic heterocycles. The maximum absolute atomic E-state index is 4.42. The first-order valence-corrected chi connectivity index (χ1v) is 6.24. The molecule has 0 saturated carbocycles. The molecule has 0 amide bonds. The summed E-state index contributed by atoms with van der Waals surface area (Å²) in [5, 5.41) is 4.70. The van der Waals surface area contributed by atoms with Crippen molar-refractivity contribution in [1.82, 2.24) is 10.3 Å². The van der Waals surface area contributed by atoms with Gasteiger partial charge in [-0.3, -0.25) is 4.98 Å². The molecule has 1 aliphatic rings. The number of anilines is 1. The van der Waals surface area contributed by atoms with Gasteiger partial charge in [-0.25, -0.2) is 0 Å². The topological polar surface area (TPSA) is 28.2 Å². The average molecular weight is 227 g/mol. The van der Waals surface area contributed by atoms with Crippen LogP contribution in [0.15, 0.2) is 36.5 Å². The Balaban J connectivity index is 2.03. The third-order valence-electron chi connectivity index (χ3n) is 3.31. The second kappa shape index (κ2) is 4.72. The quantitative estimate of drug-likeness (QED) is 0.808. The van der Waals surface area contributed by atoms with Gasteiger partial charge in [0.25, 0.3) is 0 Å². The van der Waals surface area contributed by atoms with Gasteiger partial charge in [0.15, 0.2) is 0 Å². The van der Waals surface area contributed by atoms with Crippen LogP contribution < -0.4 is 10.2 Å². The summed E-state index contributed by atoms with van der Waals surface area (Å²) in [6.07, 6.45) is 3.12. The van der Waals surface area contributed by atoms with Gasteiger partial charge in [0.1, 0.15) is 0 Å². The van der Waals surface area contributed by atoms with Gasteiger partial charge in [0.05, 0.1) is 5.52 Å². The summed E-state index contributed by atoms with van der Waals surface area (Å²) >= 11 is 0. The molecule has 1 aromatic heterocycles. The van der Waals surface area contributed by atoms with Crippen LogP contribution in [0.25, 0.3) is 10.9 Å². The highest BCUT2D eigenvalue weighted by Crippen LogP contribution is 2.25. The van der Waals surface area contributed by atoms with E-state index in [2.05, 4.69) is 39.5 Å². The molecule has 1 aromatic carbocycles. The minimum absolute atomic E-state index is 1.07. The summed E-state index contributed by atoms with van der Waals surface area (Å²) in [7, 11) is 0. The predicted octanol–water partition coefficient (Wildman–Crippen LogP) is 2.03. The first-order valence-electron chi connectivity index (χ1n) is 6.24. The zero-order chi connectivity index (χ0) is 11.5. The van der Waals surface area contributed by atoms with Crippen LogP contribution in [0.1, 0.15) is 6.42 Å². The Morgan fingerprint density at radius 1 is 1.06 bits per heavy atom. The second-order valence-electron chi connectivity index (χ2n) is 4.44. The van der Waals surface area contributed by atoms with E-state index < -0.39 is 0 Å². The number of pyridine rings is 1. The summed E-state index contributed by atoms with van der Waals surface area (Å²) in [4.78, 5) is 6.88. The summed E-state index contributed by atoms with van der Waals surface area (Å²) < 4.78 is 0. The molecule has 0 atom stereocenters. The number of nitrogens with zero attached hydrogens (tertiary/aromatic N) is 2. The lowest BCUT2D eigenvalue weighted by atomic mass is 10.1. The van der Waals surface area contributed by atoms with Crippen molar-refractivity contribution in [3.05, 3.63) is 36.5 Å². The van der Waals surface area contributed by atoms with Crippen molar-refractivity contribution in [2.24, 2.45) is 0 Å². The van der Waals surface area contributed by atoms with E-state index in [1.54, 1.807) is 0 Å². The van der Waals surface area contributed by atoms with Gasteiger partial charge in [0.2, 0.25) is 0 Å². The SMILES string of the molecule is c1ccc2c(N3CCCNCC3)ccnc2c1. The minimum atomic E-state index is 1.07. The average Bonchev–Trinajstić information content (AvgIpc) is 2.67. The molecule has 0 bridgehead atoms.